The van der Waals surface area contributed by atoms with Crippen molar-refractivity contribution >= 4 is 33.0 Å². The van der Waals surface area contributed by atoms with Gasteiger partial charge < -0.3 is 9.47 Å². The molecule has 0 atom stereocenters. The maximum atomic E-state index is 13.0. The molecule has 0 saturated carbocycles. The second-order valence-electron chi connectivity index (χ2n) is 7.76. The summed E-state index contributed by atoms with van der Waals surface area (Å²) in [5.41, 5.74) is 1.50. The van der Waals surface area contributed by atoms with E-state index in [0.717, 1.165) is 49.0 Å². The first-order valence-corrected chi connectivity index (χ1v) is 13.7. The van der Waals surface area contributed by atoms with Gasteiger partial charge in [0.1, 0.15) is 15.5 Å². The number of nitrogens with one attached hydrogen (secondary N) is 1. The third kappa shape index (κ3) is 7.81. The smallest absolute Gasteiger partial charge is 0.349 e. The van der Waals surface area contributed by atoms with Gasteiger partial charge >= 0.3 is 5.97 Å². The molecule has 178 valence electrons. The topological polar surface area (TPSA) is 81.7 Å². The Kier molecular flexibility index (Phi) is 11.0. The molecule has 6 nitrogen and oxygen atoms in total. The second-order valence-corrected chi connectivity index (χ2v) is 10.3. The summed E-state index contributed by atoms with van der Waals surface area (Å²) < 4.78 is 39.3. The zero-order valence-corrected chi connectivity index (χ0v) is 20.9. The van der Waals surface area contributed by atoms with Crippen LogP contribution in [0, 0.1) is 0 Å². The number of aryl methyl sites for hydroxylation is 1. The number of hydrogen-bond acceptors (Lipinski definition) is 6. The van der Waals surface area contributed by atoms with Crippen molar-refractivity contribution in [2.75, 3.05) is 18.4 Å². The van der Waals surface area contributed by atoms with Crippen molar-refractivity contribution in [2.24, 2.45) is 0 Å². The maximum Gasteiger partial charge on any atom is 0.349 e. The fraction of sp³-hybridized carbons (Fsp3) is 0.542. The van der Waals surface area contributed by atoms with Crippen LogP contribution < -0.4 is 9.46 Å². The van der Waals surface area contributed by atoms with Gasteiger partial charge in [0.25, 0.3) is 10.0 Å². The van der Waals surface area contributed by atoms with Crippen molar-refractivity contribution in [1.29, 1.82) is 0 Å². The van der Waals surface area contributed by atoms with Gasteiger partial charge in [-0.15, -0.1) is 11.3 Å². The number of methoxy groups -OCH3 is 1. The molecule has 1 aromatic heterocycles. The summed E-state index contributed by atoms with van der Waals surface area (Å²) in [4.78, 5) is 11.9. The number of thiophene rings is 1. The Balaban J connectivity index is 2.20. The van der Waals surface area contributed by atoms with Gasteiger partial charge in [0, 0.05) is 0 Å². The fourth-order valence-corrected chi connectivity index (χ4v) is 5.75. The van der Waals surface area contributed by atoms with E-state index in [1.807, 2.05) is 12.1 Å². The number of carbonyl (C=O) groups is 1. The molecule has 2 rings (SSSR count). The first-order valence-electron chi connectivity index (χ1n) is 11.4. The number of esters is 1. The fourth-order valence-electron chi connectivity index (χ4n) is 3.34. The molecule has 2 aromatic rings. The van der Waals surface area contributed by atoms with Crippen LogP contribution in [-0.2, 0) is 21.2 Å². The van der Waals surface area contributed by atoms with Gasteiger partial charge in [0.15, 0.2) is 0 Å². The highest BCUT2D eigenvalue weighted by Gasteiger charge is 2.25. The Morgan fingerprint density at radius 3 is 2.44 bits per heavy atom. The number of ether oxygens (including phenoxy) is 2. The molecule has 32 heavy (non-hydrogen) atoms. The van der Waals surface area contributed by atoms with Crippen LogP contribution >= 0.6 is 11.3 Å². The molecule has 0 aliphatic carbocycles. The Bertz CT molecular complexity index is 953. The SMILES string of the molecule is CCCCCCCc1ccc(NS(=O)(=O)c2ccsc2C(=O)OC)c(OCCCCC)c1. The number of unbranched alkanes of at least 4 members (excludes halogenated alkanes) is 6. The van der Waals surface area contributed by atoms with Gasteiger partial charge in [-0.3, -0.25) is 4.72 Å². The molecule has 1 aromatic carbocycles. The standard InChI is InChI=1S/C24H35NO5S2/c1-4-6-8-9-10-12-19-13-14-20(21(18-19)30-16-11-7-5-2)25-32(27,28)22-15-17-31-23(22)24(26)29-3/h13-15,17-18,25H,4-12,16H2,1-3H3. The summed E-state index contributed by atoms with van der Waals surface area (Å²) in [6.45, 7) is 4.85. The normalized spacial score (nSPS) is 11.3. The molecule has 0 radical (unpaired) electrons. The quantitative estimate of drug-likeness (QED) is 0.234. The lowest BCUT2D eigenvalue weighted by atomic mass is 10.0. The molecule has 0 spiro atoms. The highest BCUT2D eigenvalue weighted by atomic mass is 32.2. The van der Waals surface area contributed by atoms with Gasteiger partial charge in [0.2, 0.25) is 0 Å². The van der Waals surface area contributed by atoms with E-state index in [1.165, 1.54) is 38.9 Å². The van der Waals surface area contributed by atoms with Crippen molar-refractivity contribution < 1.29 is 22.7 Å². The molecule has 1 heterocycles. The van der Waals surface area contributed by atoms with Crippen LogP contribution in [0.15, 0.2) is 34.5 Å². The molecule has 0 aliphatic rings. The molecule has 0 fully saturated rings. The summed E-state index contributed by atoms with van der Waals surface area (Å²) >= 11 is 1.04. The molecule has 0 bridgehead atoms. The summed E-state index contributed by atoms with van der Waals surface area (Å²) in [5.74, 6) is -0.152. The minimum atomic E-state index is -3.97. The second kappa shape index (κ2) is 13.5. The van der Waals surface area contributed by atoms with E-state index in [-0.39, 0.29) is 9.77 Å². The first-order chi connectivity index (χ1) is 15.4. The Labute approximate surface area is 196 Å². The molecule has 1 N–H and O–H groups in total. The highest BCUT2D eigenvalue weighted by molar-refractivity contribution is 7.93. The van der Waals surface area contributed by atoms with E-state index in [0.29, 0.717) is 18.0 Å². The molecule has 8 heteroatoms. The summed E-state index contributed by atoms with van der Waals surface area (Å²) in [7, 11) is -2.74. The first kappa shape index (κ1) is 26.2. The monoisotopic (exact) mass is 481 g/mol. The average molecular weight is 482 g/mol. The van der Waals surface area contributed by atoms with Gasteiger partial charge in [-0.25, -0.2) is 13.2 Å². The number of hydrogen-bond donors (Lipinski definition) is 1. The predicted octanol–water partition coefficient (Wildman–Crippen LogP) is 6.42. The van der Waals surface area contributed by atoms with E-state index < -0.39 is 16.0 Å². The van der Waals surface area contributed by atoms with Crippen LogP contribution in [-0.4, -0.2) is 28.1 Å². The maximum absolute atomic E-state index is 13.0. The van der Waals surface area contributed by atoms with Crippen molar-refractivity contribution in [3.63, 3.8) is 0 Å². The Morgan fingerprint density at radius 2 is 1.72 bits per heavy atom. The number of carbonyl (C=O) groups excluding carboxylic acids is 1. The van der Waals surface area contributed by atoms with Crippen LogP contribution in [0.25, 0.3) is 0 Å². The number of benzene rings is 1. The number of rotatable bonds is 15. The minimum Gasteiger partial charge on any atom is -0.491 e. The van der Waals surface area contributed by atoms with E-state index in [4.69, 9.17) is 9.47 Å². The van der Waals surface area contributed by atoms with E-state index in [9.17, 15) is 13.2 Å². The van der Waals surface area contributed by atoms with Gasteiger partial charge in [-0.2, -0.15) is 0 Å². The van der Waals surface area contributed by atoms with Crippen LogP contribution in [0.1, 0.15) is 80.4 Å². The zero-order valence-electron chi connectivity index (χ0n) is 19.3. The molecule has 0 unspecified atom stereocenters. The molecule has 0 aliphatic heterocycles. The van der Waals surface area contributed by atoms with E-state index in [2.05, 4.69) is 18.6 Å². The highest BCUT2D eigenvalue weighted by Crippen LogP contribution is 2.31. The van der Waals surface area contributed by atoms with Crippen LogP contribution in [0.3, 0.4) is 0 Å². The molecular weight excluding hydrogens is 446 g/mol. The summed E-state index contributed by atoms with van der Waals surface area (Å²) in [6, 6.07) is 7.02. The number of sulfonamides is 1. The lowest BCUT2D eigenvalue weighted by Crippen LogP contribution is -2.16. The minimum absolute atomic E-state index is 0.0501. The molecule has 0 saturated heterocycles. The number of anilines is 1. The Morgan fingerprint density at radius 1 is 1.00 bits per heavy atom. The summed E-state index contributed by atoms with van der Waals surface area (Å²) in [6.07, 6.45) is 9.94. The van der Waals surface area contributed by atoms with Crippen LogP contribution in [0.5, 0.6) is 5.75 Å². The van der Waals surface area contributed by atoms with Crippen LogP contribution in [0.2, 0.25) is 0 Å². The van der Waals surface area contributed by atoms with E-state index >= 15 is 0 Å². The van der Waals surface area contributed by atoms with Crippen LogP contribution in [0.4, 0.5) is 5.69 Å². The third-order valence-electron chi connectivity index (χ3n) is 5.15. The van der Waals surface area contributed by atoms with E-state index in [1.54, 1.807) is 11.4 Å². The predicted molar refractivity (Wildman–Crippen MR) is 130 cm³/mol. The lowest BCUT2D eigenvalue weighted by Gasteiger charge is -2.15. The average Bonchev–Trinajstić information content (AvgIpc) is 3.28. The van der Waals surface area contributed by atoms with Gasteiger partial charge in [-0.05, 0) is 48.4 Å². The van der Waals surface area contributed by atoms with Crippen molar-refractivity contribution in [2.45, 2.75) is 76.5 Å². The summed E-state index contributed by atoms with van der Waals surface area (Å²) in [5, 5.41) is 1.56. The largest absolute Gasteiger partial charge is 0.491 e. The van der Waals surface area contributed by atoms with Gasteiger partial charge in [0.05, 0.1) is 19.4 Å². The zero-order chi connectivity index (χ0) is 23.4. The lowest BCUT2D eigenvalue weighted by molar-refractivity contribution is 0.0602. The molecule has 0 amide bonds. The third-order valence-corrected chi connectivity index (χ3v) is 7.59. The van der Waals surface area contributed by atoms with Gasteiger partial charge in [-0.1, -0.05) is 58.4 Å². The van der Waals surface area contributed by atoms with Crippen molar-refractivity contribution in [3.05, 3.63) is 40.1 Å². The van der Waals surface area contributed by atoms with Crippen molar-refractivity contribution in [3.8, 4) is 5.75 Å². The molecular formula is C24H35NO5S2. The Hall–Kier alpha value is -2.06. The van der Waals surface area contributed by atoms with Crippen molar-refractivity contribution in [1.82, 2.24) is 0 Å².